The van der Waals surface area contributed by atoms with Crippen LogP contribution in [0.2, 0.25) is 0 Å². The third-order valence-corrected chi connectivity index (χ3v) is 10.8. The van der Waals surface area contributed by atoms with Crippen LogP contribution in [0.5, 0.6) is 0 Å². The number of aromatic amines is 1. The van der Waals surface area contributed by atoms with Gasteiger partial charge in [-0.1, -0.05) is 109 Å². The predicted octanol–water partition coefficient (Wildman–Crippen LogP) is 12.9. The number of pyridine rings is 1. The maximum atomic E-state index is 5.13. The highest BCUT2D eigenvalue weighted by Gasteiger charge is 2.22. The van der Waals surface area contributed by atoms with E-state index in [4.69, 9.17) is 4.98 Å². The summed E-state index contributed by atoms with van der Waals surface area (Å²) in [7, 11) is 0. The van der Waals surface area contributed by atoms with Crippen molar-refractivity contribution in [2.24, 2.45) is 0 Å². The number of aromatic nitrogens is 2. The molecule has 10 aromatic rings. The molecule has 0 spiro atoms. The van der Waals surface area contributed by atoms with Gasteiger partial charge in [-0.3, -0.25) is 4.98 Å². The van der Waals surface area contributed by atoms with Crippen molar-refractivity contribution in [3.05, 3.63) is 163 Å². The van der Waals surface area contributed by atoms with Crippen molar-refractivity contribution in [1.29, 1.82) is 0 Å². The lowest BCUT2D eigenvalue weighted by Crippen LogP contribution is -2.10. The maximum Gasteiger partial charge on any atom is 0.0712 e. The van der Waals surface area contributed by atoms with Crippen molar-refractivity contribution in [2.45, 2.75) is 12.8 Å². The minimum atomic E-state index is 0.971. The number of benzene rings is 8. The fourth-order valence-corrected chi connectivity index (χ4v) is 8.54. The molecule has 1 aliphatic carbocycles. The highest BCUT2D eigenvalue weighted by molar-refractivity contribution is 6.28. The van der Waals surface area contributed by atoms with Crippen LogP contribution in [0.25, 0.3) is 82.2 Å². The van der Waals surface area contributed by atoms with E-state index >= 15 is 0 Å². The van der Waals surface area contributed by atoms with E-state index in [0.29, 0.717) is 0 Å². The van der Waals surface area contributed by atoms with Crippen molar-refractivity contribution in [3.63, 3.8) is 0 Å². The molecule has 3 nitrogen and oxygen atoms in total. The number of H-pyrrole nitrogens is 1. The Labute approximate surface area is 289 Å². The van der Waals surface area contributed by atoms with Crippen molar-refractivity contribution < 1.29 is 0 Å². The van der Waals surface area contributed by atoms with Crippen molar-refractivity contribution in [3.8, 4) is 11.1 Å². The molecule has 0 atom stereocenters. The first-order chi connectivity index (χ1) is 24.8. The molecule has 11 rings (SSSR count). The number of para-hydroxylation sites is 3. The first-order valence-corrected chi connectivity index (χ1v) is 17.4. The van der Waals surface area contributed by atoms with Gasteiger partial charge in [-0.2, -0.15) is 0 Å². The van der Waals surface area contributed by atoms with E-state index in [2.05, 4.69) is 168 Å². The van der Waals surface area contributed by atoms with Crippen LogP contribution < -0.4 is 4.90 Å². The van der Waals surface area contributed by atoms with Gasteiger partial charge in [0.05, 0.1) is 11.2 Å². The van der Waals surface area contributed by atoms with Gasteiger partial charge >= 0.3 is 0 Å². The van der Waals surface area contributed by atoms with Gasteiger partial charge in [0.2, 0.25) is 0 Å². The summed E-state index contributed by atoms with van der Waals surface area (Å²) in [5.41, 5.74) is 11.8. The van der Waals surface area contributed by atoms with Crippen LogP contribution in [0, 0.1) is 0 Å². The molecular formula is C47H31N3. The van der Waals surface area contributed by atoms with Crippen LogP contribution in [0.4, 0.5) is 17.1 Å². The summed E-state index contributed by atoms with van der Waals surface area (Å²) in [6.45, 7) is 0. The summed E-state index contributed by atoms with van der Waals surface area (Å²) in [5, 5.41) is 11.3. The summed E-state index contributed by atoms with van der Waals surface area (Å²) < 4.78 is 0. The van der Waals surface area contributed by atoms with Crippen LogP contribution in [-0.2, 0) is 6.42 Å². The van der Waals surface area contributed by atoms with E-state index in [1.165, 1.54) is 70.9 Å². The van der Waals surface area contributed by atoms with Crippen LogP contribution in [0.15, 0.2) is 152 Å². The third-order valence-electron chi connectivity index (χ3n) is 10.8. The third kappa shape index (κ3) is 3.95. The average Bonchev–Trinajstić information content (AvgIpc) is 3.55. The van der Waals surface area contributed by atoms with E-state index in [9.17, 15) is 0 Å². The number of aryl methyl sites for hydroxylation is 1. The molecule has 0 bridgehead atoms. The Kier molecular flexibility index (Phi) is 5.79. The Bertz CT molecular complexity index is 2990. The lowest BCUT2D eigenvalue weighted by atomic mass is 9.85. The Morgan fingerprint density at radius 3 is 2.16 bits per heavy atom. The first kappa shape index (κ1) is 27.5. The molecule has 0 amide bonds. The van der Waals surface area contributed by atoms with Crippen LogP contribution in [-0.4, -0.2) is 9.97 Å². The Morgan fingerprint density at radius 2 is 1.26 bits per heavy atom. The lowest BCUT2D eigenvalue weighted by Gasteiger charge is -2.28. The molecule has 0 aliphatic heterocycles. The quantitative estimate of drug-likeness (QED) is 0.195. The van der Waals surface area contributed by atoms with Gasteiger partial charge in [0.1, 0.15) is 0 Å². The summed E-state index contributed by atoms with van der Waals surface area (Å²) in [6, 6.07) is 53.3. The smallest absolute Gasteiger partial charge is 0.0712 e. The zero-order chi connectivity index (χ0) is 32.8. The number of hydrogen-bond acceptors (Lipinski definition) is 2. The number of nitrogens with zero attached hydrogens (tertiary/aromatic N) is 2. The molecule has 2 heterocycles. The number of hydrogen-bond donors (Lipinski definition) is 1. The largest absolute Gasteiger partial charge is 0.355 e. The molecule has 8 aromatic carbocycles. The highest BCUT2D eigenvalue weighted by Crippen LogP contribution is 2.47. The number of fused-ring (bicyclic) bond motifs is 5. The topological polar surface area (TPSA) is 31.9 Å². The van der Waals surface area contributed by atoms with Crippen LogP contribution in [0.1, 0.15) is 17.7 Å². The second-order valence-electron chi connectivity index (χ2n) is 13.5. The number of allylic oxidation sites excluding steroid dienone is 1. The van der Waals surface area contributed by atoms with E-state index in [1.807, 2.05) is 0 Å². The minimum absolute atomic E-state index is 0.971. The molecule has 1 N–H and O–H groups in total. The maximum absolute atomic E-state index is 5.13. The van der Waals surface area contributed by atoms with Gasteiger partial charge < -0.3 is 9.88 Å². The van der Waals surface area contributed by atoms with Gasteiger partial charge in [-0.15, -0.1) is 0 Å². The van der Waals surface area contributed by atoms with E-state index in [0.717, 1.165) is 46.5 Å². The first-order valence-electron chi connectivity index (χ1n) is 17.4. The van der Waals surface area contributed by atoms with Crippen molar-refractivity contribution in [2.75, 3.05) is 4.90 Å². The zero-order valence-electron chi connectivity index (χ0n) is 27.3. The standard InChI is InChI=1S/C47H31N3/c1-2-10-31(11-3-1)50(32-22-26-43-39(28-32)33-12-4-7-15-40(33)48-43)44-27-21-30-19-18-29-20-23-35(34-24-25-38(44)46(30)45(29)34)47-36-13-5-8-16-41(36)49-42-17-9-6-14-37(42)47/h1-8,10-16,18-28,48H,9,17H2. The average molecular weight is 638 g/mol. The van der Waals surface area contributed by atoms with Gasteiger partial charge in [-0.25, -0.2) is 0 Å². The number of anilines is 3. The second kappa shape index (κ2) is 10.5. The second-order valence-corrected chi connectivity index (χ2v) is 13.5. The summed E-state index contributed by atoms with van der Waals surface area (Å²) >= 11 is 0. The summed E-state index contributed by atoms with van der Waals surface area (Å²) in [5.74, 6) is 0. The molecule has 2 aromatic heterocycles. The molecule has 1 aliphatic rings. The molecule has 3 heteroatoms. The fourth-order valence-electron chi connectivity index (χ4n) is 8.54. The van der Waals surface area contributed by atoms with E-state index < -0.39 is 0 Å². The monoisotopic (exact) mass is 637 g/mol. The Hall–Kier alpha value is -6.45. The van der Waals surface area contributed by atoms with Gasteiger partial charge in [0, 0.05) is 60.8 Å². The SMILES string of the molecule is C1=Cc2c(nc3ccccc3c2-c2ccc3ccc4ccc(N(c5ccccc5)c5ccc6[nH]c7ccccc7c6c5)c5ccc2c3c45)CC1. The number of nitrogens with one attached hydrogen (secondary N) is 1. The Morgan fingerprint density at radius 1 is 0.540 bits per heavy atom. The molecular weight excluding hydrogens is 607 g/mol. The molecule has 0 saturated carbocycles. The van der Waals surface area contributed by atoms with Crippen LogP contribution in [0.3, 0.4) is 0 Å². The van der Waals surface area contributed by atoms with Crippen LogP contribution >= 0.6 is 0 Å². The molecule has 0 unspecified atom stereocenters. The molecule has 0 fully saturated rings. The summed E-state index contributed by atoms with van der Waals surface area (Å²) in [6.07, 6.45) is 6.60. The lowest BCUT2D eigenvalue weighted by molar-refractivity contribution is 0.939. The predicted molar refractivity (Wildman–Crippen MR) is 212 cm³/mol. The van der Waals surface area contributed by atoms with Gasteiger partial charge in [0.25, 0.3) is 0 Å². The molecule has 0 saturated heterocycles. The van der Waals surface area contributed by atoms with Gasteiger partial charge in [0.15, 0.2) is 0 Å². The van der Waals surface area contributed by atoms with Gasteiger partial charge in [-0.05, 0) is 93.9 Å². The molecule has 234 valence electrons. The zero-order valence-corrected chi connectivity index (χ0v) is 27.3. The normalized spacial score (nSPS) is 13.0. The minimum Gasteiger partial charge on any atom is -0.355 e. The Balaban J connectivity index is 1.20. The van der Waals surface area contributed by atoms with E-state index in [-0.39, 0.29) is 0 Å². The highest BCUT2D eigenvalue weighted by atomic mass is 15.1. The molecule has 0 radical (unpaired) electrons. The fraction of sp³-hybridized carbons (Fsp3) is 0.0426. The number of rotatable bonds is 4. The summed E-state index contributed by atoms with van der Waals surface area (Å²) in [4.78, 5) is 11.2. The van der Waals surface area contributed by atoms with E-state index in [1.54, 1.807) is 0 Å². The van der Waals surface area contributed by atoms with Crippen molar-refractivity contribution in [1.82, 2.24) is 9.97 Å². The molecule has 50 heavy (non-hydrogen) atoms. The van der Waals surface area contributed by atoms with Crippen molar-refractivity contribution >= 4 is 88.2 Å².